The monoisotopic (exact) mass is 479 g/mol. The number of hydrogen-bond acceptors (Lipinski definition) is 4. The Kier molecular flexibility index (Phi) is 6.60. The Morgan fingerprint density at radius 1 is 0.970 bits per heavy atom. The lowest BCUT2D eigenvalue weighted by atomic mass is 10.0. The van der Waals surface area contributed by atoms with Gasteiger partial charge in [-0.1, -0.05) is 18.2 Å². The predicted molar refractivity (Wildman–Crippen MR) is 120 cm³/mol. The van der Waals surface area contributed by atoms with Crippen molar-refractivity contribution in [3.8, 4) is 0 Å². The highest BCUT2D eigenvalue weighted by atomic mass is 32.2. The Labute approximate surface area is 189 Å². The number of nitrogens with zero attached hydrogens (tertiary/aromatic N) is 1. The molecule has 176 valence electrons. The van der Waals surface area contributed by atoms with Crippen LogP contribution in [0.1, 0.15) is 29.5 Å². The van der Waals surface area contributed by atoms with Crippen LogP contribution < -0.4 is 10.3 Å². The molecule has 3 aromatic rings. The van der Waals surface area contributed by atoms with Gasteiger partial charge in [-0.25, -0.2) is 13.1 Å². The lowest BCUT2D eigenvalue weighted by Crippen LogP contribution is -2.33. The average Bonchev–Trinajstić information content (AvgIpc) is 3.26. The highest BCUT2D eigenvalue weighted by Crippen LogP contribution is 2.33. The maximum absolute atomic E-state index is 13.4. The Morgan fingerprint density at radius 3 is 2.30 bits per heavy atom. The van der Waals surface area contributed by atoms with Crippen LogP contribution in [0.4, 0.5) is 13.2 Å². The van der Waals surface area contributed by atoms with Crippen LogP contribution in [0.2, 0.25) is 0 Å². The van der Waals surface area contributed by atoms with Crippen LogP contribution in [0.15, 0.2) is 58.2 Å². The number of aromatic nitrogens is 1. The van der Waals surface area contributed by atoms with Crippen molar-refractivity contribution in [2.45, 2.75) is 30.3 Å². The van der Waals surface area contributed by atoms with Gasteiger partial charge >= 0.3 is 6.18 Å². The Hall–Kier alpha value is -2.69. The number of alkyl halides is 3. The molecule has 0 atom stereocenters. The summed E-state index contributed by atoms with van der Waals surface area (Å²) in [6.07, 6.45) is -2.06. The maximum atomic E-state index is 13.4. The lowest BCUT2D eigenvalue weighted by molar-refractivity contribution is -0.136. The van der Waals surface area contributed by atoms with Gasteiger partial charge in [0.05, 0.1) is 10.5 Å². The molecule has 0 amide bonds. The average molecular weight is 480 g/mol. The van der Waals surface area contributed by atoms with Gasteiger partial charge in [0.2, 0.25) is 15.6 Å². The van der Waals surface area contributed by atoms with Crippen LogP contribution >= 0.6 is 0 Å². The van der Waals surface area contributed by atoms with Crippen molar-refractivity contribution in [2.24, 2.45) is 0 Å². The summed E-state index contributed by atoms with van der Waals surface area (Å²) >= 11 is 0. The number of benzene rings is 2. The topological polar surface area (TPSA) is 82.3 Å². The molecule has 2 N–H and O–H groups in total. The molecule has 0 saturated carbocycles. The van der Waals surface area contributed by atoms with E-state index in [0.717, 1.165) is 31.5 Å². The smallest absolute Gasteiger partial charge is 0.322 e. The summed E-state index contributed by atoms with van der Waals surface area (Å²) in [7, 11) is -3.63. The number of rotatable bonds is 7. The zero-order valence-electron chi connectivity index (χ0n) is 17.8. The molecule has 1 aromatic heterocycles. The molecule has 2 aromatic carbocycles. The number of hydrogen-bond donors (Lipinski definition) is 2. The molecule has 4 rings (SSSR count). The van der Waals surface area contributed by atoms with E-state index in [4.69, 9.17) is 0 Å². The van der Waals surface area contributed by atoms with Crippen molar-refractivity contribution < 1.29 is 21.6 Å². The zero-order chi connectivity index (χ0) is 23.6. The third-order valence-corrected chi connectivity index (χ3v) is 7.25. The molecule has 33 heavy (non-hydrogen) atoms. The van der Waals surface area contributed by atoms with Crippen LogP contribution in [0.25, 0.3) is 10.9 Å². The molecular formula is C23H24F3N3O3S. The van der Waals surface area contributed by atoms with E-state index in [1.165, 1.54) is 24.3 Å². The van der Waals surface area contributed by atoms with E-state index in [2.05, 4.69) is 14.6 Å². The Bertz CT molecular complexity index is 1300. The minimum absolute atomic E-state index is 0.0824. The normalized spacial score (nSPS) is 15.4. The van der Waals surface area contributed by atoms with Gasteiger partial charge in [-0.05, 0) is 67.7 Å². The van der Waals surface area contributed by atoms with E-state index in [9.17, 15) is 26.4 Å². The van der Waals surface area contributed by atoms with E-state index < -0.39 is 27.3 Å². The maximum Gasteiger partial charge on any atom is 0.417 e. The lowest BCUT2D eigenvalue weighted by Gasteiger charge is -2.15. The third kappa shape index (κ3) is 5.63. The molecule has 2 heterocycles. The first kappa shape index (κ1) is 23.5. The molecule has 10 heteroatoms. The minimum atomic E-state index is -4.65. The standard InChI is InChI=1S/C23H24F3N3O3S/c24-23(25,26)20-15-22(30)28-21-8-5-17(14-19(20)21)13-16-3-6-18(7-4-16)33(31,32)27-9-12-29-10-1-2-11-29/h3-8,14-15,27H,1-2,9-13H2,(H,28,30). The number of aromatic amines is 1. The molecule has 1 saturated heterocycles. The number of fused-ring (bicyclic) bond motifs is 1. The number of likely N-dealkylation sites (tertiary alicyclic amines) is 1. The first-order valence-corrected chi connectivity index (χ1v) is 12.1. The Morgan fingerprint density at radius 2 is 1.64 bits per heavy atom. The summed E-state index contributed by atoms with van der Waals surface area (Å²) in [5, 5.41) is -0.0824. The molecule has 0 aliphatic carbocycles. The molecular weight excluding hydrogens is 455 g/mol. The fourth-order valence-corrected chi connectivity index (χ4v) is 5.12. The van der Waals surface area contributed by atoms with Crippen LogP contribution in [-0.2, 0) is 22.6 Å². The molecule has 0 unspecified atom stereocenters. The predicted octanol–water partition coefficient (Wildman–Crippen LogP) is 3.51. The van der Waals surface area contributed by atoms with Crippen molar-refractivity contribution in [3.63, 3.8) is 0 Å². The highest BCUT2D eigenvalue weighted by molar-refractivity contribution is 7.89. The summed E-state index contributed by atoms with van der Waals surface area (Å²) < 4.78 is 67.8. The quantitative estimate of drug-likeness (QED) is 0.544. The SMILES string of the molecule is O=c1cc(C(F)(F)F)c2cc(Cc3ccc(S(=O)(=O)NCCN4CCCC4)cc3)ccc2[nH]1. The number of sulfonamides is 1. The highest BCUT2D eigenvalue weighted by Gasteiger charge is 2.33. The van der Waals surface area contributed by atoms with Crippen molar-refractivity contribution in [1.29, 1.82) is 0 Å². The number of nitrogens with one attached hydrogen (secondary N) is 2. The van der Waals surface area contributed by atoms with E-state index in [1.807, 2.05) is 0 Å². The summed E-state index contributed by atoms with van der Waals surface area (Å²) in [5.74, 6) is 0. The van der Waals surface area contributed by atoms with Crippen LogP contribution in [0.3, 0.4) is 0 Å². The zero-order valence-corrected chi connectivity index (χ0v) is 18.6. The number of halogens is 3. The van der Waals surface area contributed by atoms with Crippen LogP contribution in [0, 0.1) is 0 Å². The van der Waals surface area contributed by atoms with Crippen molar-refractivity contribution in [3.05, 3.63) is 75.6 Å². The second-order valence-electron chi connectivity index (χ2n) is 8.19. The molecule has 0 radical (unpaired) electrons. The Balaban J connectivity index is 1.48. The second-order valence-corrected chi connectivity index (χ2v) is 9.96. The fourth-order valence-electron chi connectivity index (χ4n) is 4.10. The molecule has 1 aliphatic rings. The largest absolute Gasteiger partial charge is 0.417 e. The van der Waals surface area contributed by atoms with Gasteiger partial charge in [-0.2, -0.15) is 13.2 Å². The second kappa shape index (κ2) is 9.28. The van der Waals surface area contributed by atoms with Gasteiger partial charge in [0.15, 0.2) is 0 Å². The van der Waals surface area contributed by atoms with Gasteiger partial charge in [0.1, 0.15) is 0 Å². The van der Waals surface area contributed by atoms with E-state index in [1.54, 1.807) is 18.2 Å². The summed E-state index contributed by atoms with van der Waals surface area (Å²) in [5.41, 5.74) is -0.319. The fraction of sp³-hybridized carbons (Fsp3) is 0.348. The third-order valence-electron chi connectivity index (χ3n) is 5.77. The molecule has 6 nitrogen and oxygen atoms in total. The van der Waals surface area contributed by atoms with E-state index in [0.29, 0.717) is 31.1 Å². The summed E-state index contributed by atoms with van der Waals surface area (Å²) in [6, 6.07) is 11.3. The first-order chi connectivity index (χ1) is 15.6. The van der Waals surface area contributed by atoms with E-state index in [-0.39, 0.29) is 15.8 Å². The molecule has 1 fully saturated rings. The van der Waals surface area contributed by atoms with Crippen molar-refractivity contribution in [1.82, 2.24) is 14.6 Å². The van der Waals surface area contributed by atoms with Gasteiger partial charge in [-0.3, -0.25) is 4.79 Å². The van der Waals surface area contributed by atoms with E-state index >= 15 is 0 Å². The van der Waals surface area contributed by atoms with Crippen LogP contribution in [-0.4, -0.2) is 44.5 Å². The summed E-state index contributed by atoms with van der Waals surface area (Å²) in [6.45, 7) is 2.99. The van der Waals surface area contributed by atoms with Gasteiger partial charge in [0, 0.05) is 30.1 Å². The van der Waals surface area contributed by atoms with Gasteiger partial charge < -0.3 is 9.88 Å². The van der Waals surface area contributed by atoms with Gasteiger partial charge in [0.25, 0.3) is 0 Å². The molecule has 0 spiro atoms. The van der Waals surface area contributed by atoms with Crippen LogP contribution in [0.5, 0.6) is 0 Å². The minimum Gasteiger partial charge on any atom is -0.322 e. The van der Waals surface area contributed by atoms with Gasteiger partial charge in [-0.15, -0.1) is 0 Å². The molecule has 0 bridgehead atoms. The number of pyridine rings is 1. The number of H-pyrrole nitrogens is 1. The van der Waals surface area contributed by atoms with Crippen molar-refractivity contribution in [2.75, 3.05) is 26.2 Å². The summed E-state index contributed by atoms with van der Waals surface area (Å²) in [4.78, 5) is 16.3. The molecule has 1 aliphatic heterocycles. The first-order valence-electron chi connectivity index (χ1n) is 10.7. The van der Waals surface area contributed by atoms with Crippen molar-refractivity contribution >= 4 is 20.9 Å².